The molecule has 4 heteroatoms. The summed E-state index contributed by atoms with van der Waals surface area (Å²) in [4.78, 5) is 3.79. The van der Waals surface area contributed by atoms with Crippen LogP contribution in [0.4, 0.5) is 4.39 Å². The highest BCUT2D eigenvalue weighted by atomic mass is 35.5. The lowest BCUT2D eigenvalue weighted by molar-refractivity contribution is 0.619. The summed E-state index contributed by atoms with van der Waals surface area (Å²) in [6.45, 7) is 2.10. The maximum atomic E-state index is 12.7. The smallest absolute Gasteiger partial charge is 0.141 e. The van der Waals surface area contributed by atoms with Gasteiger partial charge >= 0.3 is 0 Å². The summed E-state index contributed by atoms with van der Waals surface area (Å²) in [5, 5.41) is 0. The molecule has 1 unspecified atom stereocenters. The quantitative estimate of drug-likeness (QED) is 0.724. The topological polar surface area (TPSA) is 12.9 Å². The van der Waals surface area contributed by atoms with E-state index in [0.717, 1.165) is 17.1 Å². The maximum Gasteiger partial charge on any atom is 0.141 e. The minimum Gasteiger partial charge on any atom is -0.261 e. The molecule has 0 aromatic carbocycles. The Kier molecular flexibility index (Phi) is 5.26. The molecule has 0 radical (unpaired) electrons. The van der Waals surface area contributed by atoms with Crippen LogP contribution in [0.15, 0.2) is 18.5 Å². The zero-order valence-electron chi connectivity index (χ0n) is 8.04. The summed E-state index contributed by atoms with van der Waals surface area (Å²) in [6.07, 6.45) is 2.91. The molecule has 0 N–H and O–H groups in total. The van der Waals surface area contributed by atoms with Gasteiger partial charge in [-0.2, -0.15) is 11.8 Å². The van der Waals surface area contributed by atoms with Crippen molar-refractivity contribution in [1.29, 1.82) is 0 Å². The van der Waals surface area contributed by atoms with Crippen LogP contribution in [0.1, 0.15) is 12.5 Å². The molecule has 1 heterocycles. The minimum absolute atomic E-state index is 0.270. The minimum atomic E-state index is -0.270. The van der Waals surface area contributed by atoms with Gasteiger partial charge in [0.15, 0.2) is 0 Å². The second-order valence-electron chi connectivity index (χ2n) is 3.29. The van der Waals surface area contributed by atoms with Gasteiger partial charge in [-0.1, -0.05) is 6.92 Å². The van der Waals surface area contributed by atoms with E-state index in [1.54, 1.807) is 18.0 Å². The van der Waals surface area contributed by atoms with Gasteiger partial charge in [-0.05, 0) is 23.3 Å². The van der Waals surface area contributed by atoms with Gasteiger partial charge in [0.1, 0.15) is 5.82 Å². The Morgan fingerprint density at radius 3 is 3.00 bits per heavy atom. The van der Waals surface area contributed by atoms with E-state index in [1.165, 1.54) is 12.3 Å². The van der Waals surface area contributed by atoms with Crippen LogP contribution in [0, 0.1) is 11.7 Å². The number of hydrogen-bond donors (Lipinski definition) is 0. The number of aromatic nitrogens is 1. The molecule has 0 bridgehead atoms. The molecule has 1 rings (SSSR count). The van der Waals surface area contributed by atoms with Crippen LogP contribution < -0.4 is 0 Å². The SMILES string of the molecule is CC(CCl)CSCc1cncc(F)c1. The summed E-state index contributed by atoms with van der Waals surface area (Å²) >= 11 is 7.43. The molecule has 0 aliphatic rings. The average Bonchev–Trinajstić information content (AvgIpc) is 2.17. The van der Waals surface area contributed by atoms with E-state index >= 15 is 0 Å². The summed E-state index contributed by atoms with van der Waals surface area (Å²) in [7, 11) is 0. The standard InChI is InChI=1S/C10H13ClFNS/c1-8(3-11)6-14-7-9-2-10(12)5-13-4-9/h2,4-5,8H,3,6-7H2,1H3. The summed E-state index contributed by atoms with van der Waals surface area (Å²) in [6, 6.07) is 1.52. The first kappa shape index (κ1) is 11.8. The molecule has 0 spiro atoms. The Bertz CT molecular complexity index is 283. The van der Waals surface area contributed by atoms with Crippen LogP contribution in [0.3, 0.4) is 0 Å². The number of thioether (sulfide) groups is 1. The zero-order chi connectivity index (χ0) is 10.4. The van der Waals surface area contributed by atoms with Crippen molar-refractivity contribution in [3.63, 3.8) is 0 Å². The number of hydrogen-bond acceptors (Lipinski definition) is 2. The molecular formula is C10H13ClFNS. The van der Waals surface area contributed by atoms with Crippen molar-refractivity contribution in [1.82, 2.24) is 4.98 Å². The molecule has 0 fully saturated rings. The highest BCUT2D eigenvalue weighted by molar-refractivity contribution is 7.98. The predicted molar refractivity (Wildman–Crippen MR) is 60.2 cm³/mol. The van der Waals surface area contributed by atoms with Crippen LogP contribution >= 0.6 is 23.4 Å². The first-order valence-electron chi connectivity index (χ1n) is 4.45. The molecule has 0 saturated carbocycles. The molecular weight excluding hydrogens is 221 g/mol. The van der Waals surface area contributed by atoms with Gasteiger partial charge in [-0.3, -0.25) is 4.98 Å². The number of alkyl halides is 1. The van der Waals surface area contributed by atoms with E-state index in [4.69, 9.17) is 11.6 Å². The maximum absolute atomic E-state index is 12.7. The van der Waals surface area contributed by atoms with Crippen LogP contribution in [-0.2, 0) is 5.75 Å². The Morgan fingerprint density at radius 1 is 1.57 bits per heavy atom. The lowest BCUT2D eigenvalue weighted by Gasteiger charge is -2.06. The van der Waals surface area contributed by atoms with E-state index in [9.17, 15) is 4.39 Å². The second kappa shape index (κ2) is 6.25. The second-order valence-corrected chi connectivity index (χ2v) is 4.62. The fourth-order valence-electron chi connectivity index (χ4n) is 0.957. The normalized spacial score (nSPS) is 12.8. The van der Waals surface area contributed by atoms with Gasteiger partial charge in [-0.15, -0.1) is 11.6 Å². The first-order valence-corrected chi connectivity index (χ1v) is 6.14. The highest BCUT2D eigenvalue weighted by Crippen LogP contribution is 2.15. The molecule has 1 atom stereocenters. The van der Waals surface area contributed by atoms with E-state index in [-0.39, 0.29) is 5.82 Å². The highest BCUT2D eigenvalue weighted by Gasteiger charge is 2.01. The van der Waals surface area contributed by atoms with E-state index in [2.05, 4.69) is 11.9 Å². The van der Waals surface area contributed by atoms with Gasteiger partial charge in [0.25, 0.3) is 0 Å². The molecule has 1 nitrogen and oxygen atoms in total. The fourth-order valence-corrected chi connectivity index (χ4v) is 2.23. The van der Waals surface area contributed by atoms with Gasteiger partial charge in [0.2, 0.25) is 0 Å². The molecule has 1 aromatic rings. The Morgan fingerprint density at radius 2 is 2.36 bits per heavy atom. The first-order chi connectivity index (χ1) is 6.72. The third-order valence-corrected chi connectivity index (χ3v) is 3.57. The number of rotatable bonds is 5. The van der Waals surface area contributed by atoms with Crippen molar-refractivity contribution in [2.45, 2.75) is 12.7 Å². The van der Waals surface area contributed by atoms with E-state index in [0.29, 0.717) is 11.8 Å². The lowest BCUT2D eigenvalue weighted by atomic mass is 10.3. The largest absolute Gasteiger partial charge is 0.261 e. The van der Waals surface area contributed by atoms with Crippen molar-refractivity contribution in [3.8, 4) is 0 Å². The molecule has 14 heavy (non-hydrogen) atoms. The van der Waals surface area contributed by atoms with Gasteiger partial charge in [-0.25, -0.2) is 4.39 Å². The summed E-state index contributed by atoms with van der Waals surface area (Å²) in [5.41, 5.74) is 0.928. The van der Waals surface area contributed by atoms with Crippen molar-refractivity contribution in [2.75, 3.05) is 11.6 Å². The number of nitrogens with zero attached hydrogens (tertiary/aromatic N) is 1. The molecule has 0 aliphatic heterocycles. The molecule has 78 valence electrons. The summed E-state index contributed by atoms with van der Waals surface area (Å²) < 4.78 is 12.7. The van der Waals surface area contributed by atoms with Crippen LogP contribution in [0.2, 0.25) is 0 Å². The molecule has 0 saturated heterocycles. The van der Waals surface area contributed by atoms with Gasteiger partial charge in [0.05, 0.1) is 6.20 Å². The van der Waals surface area contributed by atoms with Gasteiger partial charge in [0, 0.05) is 17.8 Å². The Labute approximate surface area is 93.1 Å². The van der Waals surface area contributed by atoms with E-state index in [1.807, 2.05) is 0 Å². The third kappa shape index (κ3) is 4.29. The lowest BCUT2D eigenvalue weighted by Crippen LogP contribution is -1.99. The zero-order valence-corrected chi connectivity index (χ0v) is 9.61. The van der Waals surface area contributed by atoms with E-state index < -0.39 is 0 Å². The predicted octanol–water partition coefficient (Wildman–Crippen LogP) is 3.33. The summed E-state index contributed by atoms with van der Waals surface area (Å²) in [5.74, 6) is 2.71. The Hall–Kier alpha value is -0.280. The monoisotopic (exact) mass is 233 g/mol. The fraction of sp³-hybridized carbons (Fsp3) is 0.500. The number of halogens is 2. The van der Waals surface area contributed by atoms with Crippen molar-refractivity contribution >= 4 is 23.4 Å². The van der Waals surface area contributed by atoms with Crippen LogP contribution in [0.25, 0.3) is 0 Å². The van der Waals surface area contributed by atoms with Gasteiger partial charge < -0.3 is 0 Å². The van der Waals surface area contributed by atoms with Crippen molar-refractivity contribution < 1.29 is 4.39 Å². The Balaban J connectivity index is 2.31. The molecule has 0 amide bonds. The molecule has 0 aliphatic carbocycles. The number of pyridine rings is 1. The van der Waals surface area contributed by atoms with Crippen LogP contribution in [-0.4, -0.2) is 16.6 Å². The van der Waals surface area contributed by atoms with Crippen LogP contribution in [0.5, 0.6) is 0 Å². The third-order valence-electron chi connectivity index (χ3n) is 1.70. The molecule has 1 aromatic heterocycles. The van der Waals surface area contributed by atoms with Crippen molar-refractivity contribution in [2.24, 2.45) is 5.92 Å². The van der Waals surface area contributed by atoms with Crippen molar-refractivity contribution in [3.05, 3.63) is 29.8 Å². The average molecular weight is 234 g/mol.